The van der Waals surface area contributed by atoms with Crippen molar-refractivity contribution in [2.75, 3.05) is 6.61 Å². The van der Waals surface area contributed by atoms with Crippen LogP contribution in [0.1, 0.15) is 35.7 Å². The Hall–Kier alpha value is -2.69. The summed E-state index contributed by atoms with van der Waals surface area (Å²) >= 11 is 0. The summed E-state index contributed by atoms with van der Waals surface area (Å²) < 4.78 is 5.41. The first-order valence-corrected chi connectivity index (χ1v) is 7.62. The molecular weight excluding hydrogens is 292 g/mol. The second-order valence-electron chi connectivity index (χ2n) is 4.97. The zero-order valence-electron chi connectivity index (χ0n) is 13.1. The Morgan fingerprint density at radius 2 is 1.87 bits per heavy atom. The van der Waals surface area contributed by atoms with E-state index < -0.39 is 0 Å². The number of carbonyl (C=O) groups excluding carboxylic acids is 2. The normalized spacial score (nSPS) is 10.1. The SMILES string of the molecule is CCOc1ncccc1CNC(=O)CCC(=O)c1ccccc1. The maximum atomic E-state index is 12.0. The van der Waals surface area contributed by atoms with E-state index in [0.717, 1.165) is 5.56 Å². The molecule has 1 aromatic carbocycles. The average molecular weight is 312 g/mol. The number of amides is 1. The van der Waals surface area contributed by atoms with Crippen LogP contribution in [0.5, 0.6) is 5.88 Å². The van der Waals surface area contributed by atoms with Crippen molar-refractivity contribution in [1.82, 2.24) is 10.3 Å². The zero-order valence-corrected chi connectivity index (χ0v) is 13.1. The van der Waals surface area contributed by atoms with E-state index in [1.807, 2.05) is 31.2 Å². The molecular formula is C18H20N2O3. The number of aromatic nitrogens is 1. The Balaban J connectivity index is 1.81. The third-order valence-electron chi connectivity index (χ3n) is 3.28. The predicted octanol–water partition coefficient (Wildman–Crippen LogP) is 2.76. The molecule has 0 radical (unpaired) electrons. The first-order chi connectivity index (χ1) is 11.2. The van der Waals surface area contributed by atoms with Crippen molar-refractivity contribution in [2.45, 2.75) is 26.3 Å². The molecule has 5 nitrogen and oxygen atoms in total. The van der Waals surface area contributed by atoms with E-state index in [2.05, 4.69) is 10.3 Å². The fourth-order valence-electron chi connectivity index (χ4n) is 2.10. The molecule has 2 aromatic rings. The Morgan fingerprint density at radius 3 is 2.61 bits per heavy atom. The first kappa shape index (κ1) is 16.7. The number of Topliss-reactive ketones (excluding diaryl/α,β-unsaturated/α-hetero) is 1. The summed E-state index contributed by atoms with van der Waals surface area (Å²) in [6.07, 6.45) is 2.01. The lowest BCUT2D eigenvalue weighted by molar-refractivity contribution is -0.121. The average Bonchev–Trinajstić information content (AvgIpc) is 2.60. The van der Waals surface area contributed by atoms with Crippen molar-refractivity contribution < 1.29 is 14.3 Å². The second-order valence-corrected chi connectivity index (χ2v) is 4.97. The number of benzene rings is 1. The minimum atomic E-state index is -0.166. The van der Waals surface area contributed by atoms with Crippen molar-refractivity contribution in [3.63, 3.8) is 0 Å². The minimum absolute atomic E-state index is 0.0304. The van der Waals surface area contributed by atoms with Gasteiger partial charge in [0.05, 0.1) is 6.61 Å². The summed E-state index contributed by atoms with van der Waals surface area (Å²) in [6, 6.07) is 12.6. The molecule has 0 spiro atoms. The monoisotopic (exact) mass is 312 g/mol. The molecule has 1 amide bonds. The van der Waals surface area contributed by atoms with Crippen molar-refractivity contribution >= 4 is 11.7 Å². The van der Waals surface area contributed by atoms with E-state index in [0.29, 0.717) is 24.6 Å². The third-order valence-corrected chi connectivity index (χ3v) is 3.28. The lowest BCUT2D eigenvalue weighted by atomic mass is 10.1. The summed E-state index contributed by atoms with van der Waals surface area (Å²) in [5.74, 6) is 0.327. The number of nitrogens with one attached hydrogen (secondary N) is 1. The van der Waals surface area contributed by atoms with Crippen molar-refractivity contribution in [1.29, 1.82) is 0 Å². The van der Waals surface area contributed by atoms with Crippen molar-refractivity contribution in [3.8, 4) is 5.88 Å². The van der Waals surface area contributed by atoms with Crippen molar-refractivity contribution in [3.05, 3.63) is 59.8 Å². The number of carbonyl (C=O) groups is 2. The van der Waals surface area contributed by atoms with Gasteiger partial charge in [-0.3, -0.25) is 9.59 Å². The first-order valence-electron chi connectivity index (χ1n) is 7.62. The number of pyridine rings is 1. The molecule has 1 aromatic heterocycles. The number of hydrogen-bond donors (Lipinski definition) is 1. The number of ether oxygens (including phenoxy) is 1. The van der Waals surface area contributed by atoms with Crippen LogP contribution < -0.4 is 10.1 Å². The van der Waals surface area contributed by atoms with Gasteiger partial charge in [-0.05, 0) is 13.0 Å². The molecule has 1 heterocycles. The van der Waals surface area contributed by atoms with E-state index >= 15 is 0 Å². The fourth-order valence-corrected chi connectivity index (χ4v) is 2.10. The summed E-state index contributed by atoms with van der Waals surface area (Å²) in [5.41, 5.74) is 1.45. The second kappa shape index (κ2) is 8.68. The summed E-state index contributed by atoms with van der Waals surface area (Å²) in [6.45, 7) is 2.73. The maximum absolute atomic E-state index is 12.0. The van der Waals surface area contributed by atoms with E-state index in [9.17, 15) is 9.59 Å². The number of rotatable bonds is 8. The highest BCUT2D eigenvalue weighted by Gasteiger charge is 2.10. The molecule has 0 aliphatic heterocycles. The van der Waals surface area contributed by atoms with E-state index in [-0.39, 0.29) is 24.5 Å². The number of nitrogens with zero attached hydrogens (tertiary/aromatic N) is 1. The molecule has 2 rings (SSSR count). The zero-order chi connectivity index (χ0) is 16.5. The highest BCUT2D eigenvalue weighted by Crippen LogP contribution is 2.14. The van der Waals surface area contributed by atoms with Crippen LogP contribution in [0.25, 0.3) is 0 Å². The Morgan fingerprint density at radius 1 is 1.09 bits per heavy atom. The van der Waals surface area contributed by atoms with Crippen LogP contribution in [0.3, 0.4) is 0 Å². The van der Waals surface area contributed by atoms with Crippen LogP contribution in [0, 0.1) is 0 Å². The quantitative estimate of drug-likeness (QED) is 0.761. The third kappa shape index (κ3) is 5.21. The van der Waals surface area contributed by atoms with E-state index in [1.54, 1.807) is 24.4 Å². The van der Waals surface area contributed by atoms with Gasteiger partial charge in [-0.1, -0.05) is 36.4 Å². The number of hydrogen-bond acceptors (Lipinski definition) is 4. The molecule has 23 heavy (non-hydrogen) atoms. The smallest absolute Gasteiger partial charge is 0.220 e. The van der Waals surface area contributed by atoms with E-state index in [4.69, 9.17) is 4.74 Å². The predicted molar refractivity (Wildman–Crippen MR) is 87.3 cm³/mol. The van der Waals surface area contributed by atoms with Gasteiger partial charge in [0.1, 0.15) is 0 Å². The lowest BCUT2D eigenvalue weighted by Crippen LogP contribution is -2.23. The van der Waals surface area contributed by atoms with Crippen LogP contribution in [0.2, 0.25) is 0 Å². The maximum Gasteiger partial charge on any atom is 0.220 e. The molecule has 0 aliphatic carbocycles. The van der Waals surface area contributed by atoms with Crippen LogP contribution in [-0.2, 0) is 11.3 Å². The van der Waals surface area contributed by atoms with Gasteiger partial charge in [0.25, 0.3) is 0 Å². The van der Waals surface area contributed by atoms with Gasteiger partial charge < -0.3 is 10.1 Å². The Labute approximate surface area is 135 Å². The van der Waals surface area contributed by atoms with Gasteiger partial charge in [0, 0.05) is 36.7 Å². The molecule has 0 unspecified atom stereocenters. The lowest BCUT2D eigenvalue weighted by Gasteiger charge is -2.09. The molecule has 5 heteroatoms. The van der Waals surface area contributed by atoms with Crippen LogP contribution in [0.4, 0.5) is 0 Å². The van der Waals surface area contributed by atoms with Gasteiger partial charge in [-0.15, -0.1) is 0 Å². The summed E-state index contributed by atoms with van der Waals surface area (Å²) in [4.78, 5) is 28.0. The largest absolute Gasteiger partial charge is 0.478 e. The van der Waals surface area contributed by atoms with Gasteiger partial charge in [0.15, 0.2) is 5.78 Å². The minimum Gasteiger partial charge on any atom is -0.478 e. The Kier molecular flexibility index (Phi) is 6.29. The van der Waals surface area contributed by atoms with Crippen LogP contribution >= 0.6 is 0 Å². The highest BCUT2D eigenvalue weighted by molar-refractivity contribution is 5.97. The molecule has 0 bridgehead atoms. The molecule has 0 aliphatic rings. The van der Waals surface area contributed by atoms with Gasteiger partial charge >= 0.3 is 0 Å². The summed E-state index contributed by atoms with van der Waals surface area (Å²) in [7, 11) is 0. The molecule has 0 atom stereocenters. The molecule has 0 fully saturated rings. The number of ketones is 1. The van der Waals surface area contributed by atoms with Gasteiger partial charge in [-0.2, -0.15) is 0 Å². The Bertz CT molecular complexity index is 656. The van der Waals surface area contributed by atoms with Gasteiger partial charge in [-0.25, -0.2) is 4.98 Å². The topological polar surface area (TPSA) is 68.3 Å². The highest BCUT2D eigenvalue weighted by atomic mass is 16.5. The van der Waals surface area contributed by atoms with Crippen molar-refractivity contribution in [2.24, 2.45) is 0 Å². The fraction of sp³-hybridized carbons (Fsp3) is 0.278. The van der Waals surface area contributed by atoms with Crippen LogP contribution in [-0.4, -0.2) is 23.3 Å². The molecule has 0 saturated heterocycles. The molecule has 1 N–H and O–H groups in total. The summed E-state index contributed by atoms with van der Waals surface area (Å²) in [5, 5.41) is 2.79. The van der Waals surface area contributed by atoms with Gasteiger partial charge in [0.2, 0.25) is 11.8 Å². The molecule has 120 valence electrons. The van der Waals surface area contributed by atoms with Crippen LogP contribution in [0.15, 0.2) is 48.7 Å². The molecule has 0 saturated carbocycles. The standard InChI is InChI=1S/C18H20N2O3/c1-2-23-18-15(9-6-12-19-18)13-20-17(22)11-10-16(21)14-7-4-3-5-8-14/h3-9,12H,2,10-11,13H2,1H3,(H,20,22). The van der Waals surface area contributed by atoms with E-state index in [1.165, 1.54) is 0 Å².